The minimum absolute atomic E-state index is 0.0281. The van der Waals surface area contributed by atoms with Crippen molar-refractivity contribution in [2.75, 3.05) is 19.7 Å². The maximum absolute atomic E-state index is 12.4. The summed E-state index contributed by atoms with van der Waals surface area (Å²) in [6.07, 6.45) is 9.71. The Morgan fingerprint density at radius 1 is 1.09 bits per heavy atom. The summed E-state index contributed by atoms with van der Waals surface area (Å²) in [5.74, 6) is 1.60. The smallest absolute Gasteiger partial charge is 0.180 e. The Morgan fingerprint density at radius 2 is 1.83 bits per heavy atom. The third-order valence-electron chi connectivity index (χ3n) is 16.1. The first-order chi connectivity index (χ1) is 22.1. The zero-order valence-electron chi connectivity index (χ0n) is 29.8. The number of hydrogen-bond donors (Lipinski definition) is 3. The fraction of sp³-hybridized carbons (Fsp3) is 0.921. The van der Waals surface area contributed by atoms with Gasteiger partial charge < -0.3 is 33.9 Å². The maximum Gasteiger partial charge on any atom is 0.180 e. The summed E-state index contributed by atoms with van der Waals surface area (Å²) < 4.78 is 25.0. The van der Waals surface area contributed by atoms with Crippen LogP contribution in [0.4, 0.5) is 0 Å². The molecule has 0 aromatic carbocycles. The van der Waals surface area contributed by atoms with Crippen LogP contribution in [-0.2, 0) is 20.8 Å². The van der Waals surface area contributed by atoms with E-state index in [1.807, 2.05) is 0 Å². The van der Waals surface area contributed by atoms with Crippen molar-refractivity contribution in [2.24, 2.45) is 50.7 Å². The predicted molar refractivity (Wildman–Crippen MR) is 175 cm³/mol. The number of fused-ring (bicyclic) bond motifs is 4. The van der Waals surface area contributed by atoms with Crippen LogP contribution in [0.1, 0.15) is 106 Å². The molecule has 5 aliphatic carbocycles. The Kier molecular flexibility index (Phi) is 7.55. The SMILES string of the molecule is C[C@@H]1CC([C@H](O)C(C)(C)O)OC2[C@H]1[C@@]1(C)CC[C@@]34C[C@@]35CCC(O[C@H]3CN(Cc6cocn6)CCO3)C(C)(C)[C@@H]5CCC4[C@]1(C)[C@H]2O. The van der Waals surface area contributed by atoms with Crippen LogP contribution in [0.25, 0.3) is 0 Å². The van der Waals surface area contributed by atoms with Crippen LogP contribution in [0.3, 0.4) is 0 Å². The quantitative estimate of drug-likeness (QED) is 0.382. The van der Waals surface area contributed by atoms with Crippen molar-refractivity contribution in [3.8, 4) is 0 Å². The summed E-state index contributed by atoms with van der Waals surface area (Å²) in [7, 11) is 0. The van der Waals surface area contributed by atoms with Gasteiger partial charge in [0.25, 0.3) is 0 Å². The molecule has 9 nitrogen and oxygen atoms in total. The Morgan fingerprint density at radius 3 is 2.55 bits per heavy atom. The average molecular weight is 657 g/mol. The van der Waals surface area contributed by atoms with Gasteiger partial charge in [-0.1, -0.05) is 34.6 Å². The van der Waals surface area contributed by atoms with Crippen LogP contribution < -0.4 is 0 Å². The normalized spacial score (nSPS) is 51.2. The van der Waals surface area contributed by atoms with Gasteiger partial charge in [-0.05, 0) is 111 Å². The lowest BCUT2D eigenvalue weighted by atomic mass is 9.41. The van der Waals surface area contributed by atoms with Gasteiger partial charge in [0.2, 0.25) is 0 Å². The van der Waals surface area contributed by atoms with Crippen LogP contribution in [0.2, 0.25) is 0 Å². The number of oxazole rings is 1. The van der Waals surface area contributed by atoms with Gasteiger partial charge >= 0.3 is 0 Å². The number of hydrogen-bond acceptors (Lipinski definition) is 9. The zero-order chi connectivity index (χ0) is 33.4. The van der Waals surface area contributed by atoms with E-state index in [9.17, 15) is 15.3 Å². The molecule has 7 aliphatic rings. The third-order valence-corrected chi connectivity index (χ3v) is 16.1. The van der Waals surface area contributed by atoms with Gasteiger partial charge in [0.05, 0.1) is 48.9 Å². The summed E-state index contributed by atoms with van der Waals surface area (Å²) >= 11 is 0. The number of rotatable bonds is 6. The molecule has 0 bridgehead atoms. The lowest BCUT2D eigenvalue weighted by molar-refractivity contribution is -0.249. The van der Waals surface area contributed by atoms with Gasteiger partial charge in [0, 0.05) is 18.5 Å². The average Bonchev–Trinajstić information content (AvgIpc) is 3.30. The number of ether oxygens (including phenoxy) is 3. The number of aliphatic hydroxyl groups is 3. The summed E-state index contributed by atoms with van der Waals surface area (Å²) in [5.41, 5.74) is 0.0318. The number of morpholine rings is 1. The van der Waals surface area contributed by atoms with Crippen molar-refractivity contribution in [3.05, 3.63) is 18.4 Å². The van der Waals surface area contributed by atoms with E-state index in [2.05, 4.69) is 44.5 Å². The molecule has 264 valence electrons. The summed E-state index contributed by atoms with van der Waals surface area (Å²) in [4.78, 5) is 6.66. The Hall–Kier alpha value is -1.07. The highest BCUT2D eigenvalue weighted by molar-refractivity contribution is 5.33. The van der Waals surface area contributed by atoms with Gasteiger partial charge in [-0.15, -0.1) is 0 Å². The van der Waals surface area contributed by atoms with E-state index in [1.165, 1.54) is 32.1 Å². The first-order valence-electron chi connectivity index (χ1n) is 18.7. The molecule has 1 aromatic heterocycles. The number of aromatic nitrogens is 1. The zero-order valence-corrected chi connectivity index (χ0v) is 29.8. The fourth-order valence-corrected chi connectivity index (χ4v) is 13.8. The molecule has 3 heterocycles. The lowest BCUT2D eigenvalue weighted by Crippen LogP contribution is -2.60. The monoisotopic (exact) mass is 656 g/mol. The summed E-state index contributed by atoms with van der Waals surface area (Å²) in [6.45, 7) is 18.4. The fourth-order valence-electron chi connectivity index (χ4n) is 13.8. The second-order valence-electron chi connectivity index (χ2n) is 18.8. The highest BCUT2D eigenvalue weighted by Gasteiger charge is 2.84. The molecular weight excluding hydrogens is 596 g/mol. The van der Waals surface area contributed by atoms with E-state index in [0.717, 1.165) is 44.6 Å². The van der Waals surface area contributed by atoms with E-state index in [1.54, 1.807) is 20.1 Å². The standard InChI is InChI=1S/C38H60N2O7/c1-22-16-24(31(41)34(4,5)43)46-30-29(22)35(6)12-13-38-20-37(38)11-10-27(33(2,3)25(37)8-9-26(38)36(35,7)32(30)42)47-28-18-40(14-15-45-28)17-23-19-44-21-39-23/h19,21-22,24-32,41-43H,8-18,20H2,1-7H3/t22-,24?,25+,26?,27?,28+,29+,30?,31+,32+,35-,36-,37-,38+/m1/s1. The summed E-state index contributed by atoms with van der Waals surface area (Å²) in [6, 6.07) is 0. The maximum atomic E-state index is 12.4. The number of aliphatic hydroxyl groups excluding tert-OH is 2. The van der Waals surface area contributed by atoms with Gasteiger partial charge in [-0.3, -0.25) is 4.90 Å². The highest BCUT2D eigenvalue weighted by Crippen LogP contribution is 2.89. The van der Waals surface area contributed by atoms with Crippen LogP contribution in [0.5, 0.6) is 0 Å². The molecule has 5 saturated carbocycles. The minimum atomic E-state index is -1.25. The van der Waals surface area contributed by atoms with E-state index in [4.69, 9.17) is 18.6 Å². The van der Waals surface area contributed by atoms with Crippen LogP contribution in [-0.4, -0.2) is 87.3 Å². The van der Waals surface area contributed by atoms with Crippen molar-refractivity contribution in [3.63, 3.8) is 0 Å². The molecule has 1 aromatic rings. The van der Waals surface area contributed by atoms with Gasteiger partial charge in [0.1, 0.15) is 12.4 Å². The van der Waals surface area contributed by atoms with Gasteiger partial charge in [-0.2, -0.15) is 0 Å². The van der Waals surface area contributed by atoms with Crippen molar-refractivity contribution in [1.82, 2.24) is 9.88 Å². The van der Waals surface area contributed by atoms with E-state index in [-0.39, 0.29) is 46.1 Å². The Labute approximate surface area is 281 Å². The molecule has 2 saturated heterocycles. The summed E-state index contributed by atoms with van der Waals surface area (Å²) in [5, 5.41) is 34.1. The number of nitrogens with zero attached hydrogens (tertiary/aromatic N) is 2. The van der Waals surface area contributed by atoms with Crippen LogP contribution in [0, 0.1) is 50.7 Å². The molecule has 3 N–H and O–H groups in total. The van der Waals surface area contributed by atoms with Crippen molar-refractivity contribution in [1.29, 1.82) is 0 Å². The molecule has 0 radical (unpaired) electrons. The molecule has 8 rings (SSSR count). The van der Waals surface area contributed by atoms with Gasteiger partial charge in [-0.25, -0.2) is 4.98 Å². The second kappa shape index (κ2) is 10.7. The van der Waals surface area contributed by atoms with E-state index in [0.29, 0.717) is 36.2 Å². The molecule has 2 aliphatic heterocycles. The third kappa shape index (κ3) is 4.48. The predicted octanol–water partition coefficient (Wildman–Crippen LogP) is 5.16. The van der Waals surface area contributed by atoms with Crippen molar-refractivity contribution < 1.29 is 33.9 Å². The van der Waals surface area contributed by atoms with E-state index >= 15 is 0 Å². The van der Waals surface area contributed by atoms with E-state index < -0.39 is 23.9 Å². The largest absolute Gasteiger partial charge is 0.451 e. The first-order valence-corrected chi connectivity index (χ1v) is 18.7. The lowest BCUT2D eigenvalue weighted by Gasteiger charge is -2.64. The molecule has 47 heavy (non-hydrogen) atoms. The molecule has 2 spiro atoms. The molecule has 9 heteroatoms. The molecule has 0 amide bonds. The second-order valence-corrected chi connectivity index (χ2v) is 18.8. The Bertz CT molecular complexity index is 1330. The Balaban J connectivity index is 1.01. The van der Waals surface area contributed by atoms with Crippen molar-refractivity contribution >= 4 is 0 Å². The van der Waals surface area contributed by atoms with Gasteiger partial charge in [0.15, 0.2) is 12.7 Å². The topological polar surface area (TPSA) is 118 Å². The van der Waals surface area contributed by atoms with Crippen LogP contribution in [0.15, 0.2) is 17.1 Å². The van der Waals surface area contributed by atoms with Crippen molar-refractivity contribution in [2.45, 2.75) is 149 Å². The molecule has 7 fully saturated rings. The highest BCUT2D eigenvalue weighted by atomic mass is 16.7. The minimum Gasteiger partial charge on any atom is -0.451 e. The molecule has 14 atom stereocenters. The first kappa shape index (κ1) is 33.1. The van der Waals surface area contributed by atoms with Crippen LogP contribution >= 0.6 is 0 Å². The molecular formula is C38H60N2O7. The molecule has 4 unspecified atom stereocenters.